The van der Waals surface area contributed by atoms with Crippen molar-refractivity contribution < 1.29 is 23.6 Å². The van der Waals surface area contributed by atoms with E-state index in [1.54, 1.807) is 14.2 Å². The van der Waals surface area contributed by atoms with Crippen LogP contribution in [0.1, 0.15) is 24.8 Å². The highest BCUT2D eigenvalue weighted by molar-refractivity contribution is 5.99. The second-order valence-corrected chi connectivity index (χ2v) is 9.93. The molecule has 1 aromatic rings. The topological polar surface area (TPSA) is 71.8 Å². The Bertz CT molecular complexity index is 1020. The zero-order valence-electron chi connectivity index (χ0n) is 17.4. The van der Waals surface area contributed by atoms with Crippen LogP contribution in [0.2, 0.25) is 0 Å². The Morgan fingerprint density at radius 3 is 2.87 bits per heavy atom. The summed E-state index contributed by atoms with van der Waals surface area (Å²) in [5.74, 6) is 11.7. The lowest BCUT2D eigenvalue weighted by atomic mass is 9.53. The number of nitrogens with zero attached hydrogens (tertiary/aromatic N) is 2. The molecule has 3 saturated heterocycles. The fourth-order valence-corrected chi connectivity index (χ4v) is 8.19. The van der Waals surface area contributed by atoms with Gasteiger partial charge in [-0.25, -0.2) is 0 Å². The van der Waals surface area contributed by atoms with Crippen LogP contribution >= 0.6 is 0 Å². The average Bonchev–Trinajstić information content (AvgIpc) is 3.15. The number of ether oxygens (including phenoxy) is 3. The molecule has 5 aliphatic heterocycles. The van der Waals surface area contributed by atoms with E-state index in [9.17, 15) is 10.6 Å². The van der Waals surface area contributed by atoms with E-state index in [4.69, 9.17) is 14.2 Å². The maximum atomic E-state index is 13.5. The molecule has 7 rings (SSSR count). The van der Waals surface area contributed by atoms with Gasteiger partial charge in [-0.2, -0.15) is 0 Å². The third kappa shape index (κ3) is 1.75. The highest BCUT2D eigenvalue weighted by atomic mass is 16.5. The van der Waals surface area contributed by atoms with Gasteiger partial charge in [-0.3, -0.25) is 4.79 Å². The van der Waals surface area contributed by atoms with Crippen molar-refractivity contribution in [3.8, 4) is 11.5 Å². The van der Waals surface area contributed by atoms with Gasteiger partial charge in [-0.1, -0.05) is 6.08 Å². The average molecular weight is 409 g/mol. The molecule has 5 heterocycles. The molecule has 7 nitrogen and oxygen atoms in total. The lowest BCUT2D eigenvalue weighted by Gasteiger charge is -2.61. The van der Waals surface area contributed by atoms with Crippen LogP contribution in [0, 0.1) is 11.8 Å². The molecule has 158 valence electrons. The van der Waals surface area contributed by atoms with Gasteiger partial charge < -0.3 is 29.5 Å². The predicted molar refractivity (Wildman–Crippen MR) is 109 cm³/mol. The predicted octanol–water partition coefficient (Wildman–Crippen LogP) is 2.59. The molecule has 1 aromatic carbocycles. The SMILES string of the molecule is COc1cc2c(cc1OC)[C@@]13CC[N+]4([NH-])CC5=CCO[C@H]6CC(=O)N2[C@H]1[C@H]6[C@H]5C[C@@H]34. The van der Waals surface area contributed by atoms with Crippen LogP contribution in [-0.2, 0) is 14.9 Å². The summed E-state index contributed by atoms with van der Waals surface area (Å²) >= 11 is 0. The molecule has 7 heteroatoms. The van der Waals surface area contributed by atoms with Crippen molar-refractivity contribution in [2.45, 2.75) is 42.9 Å². The summed E-state index contributed by atoms with van der Waals surface area (Å²) in [4.78, 5) is 15.6. The normalized spacial score (nSPS) is 44.4. The minimum atomic E-state index is -0.203. The maximum Gasteiger partial charge on any atom is 0.229 e. The molecule has 4 fully saturated rings. The molecule has 1 N–H and O–H groups in total. The lowest BCUT2D eigenvalue weighted by molar-refractivity contribution is -0.897. The Hall–Kier alpha value is -2.09. The van der Waals surface area contributed by atoms with Crippen LogP contribution in [0.25, 0.3) is 5.84 Å². The zero-order valence-corrected chi connectivity index (χ0v) is 17.4. The standard InChI is InChI=1S/C23H27N3O4/c1-28-16-8-14-15(9-17(16)29-2)25-20(27)10-18-21-13-7-19-23(14,22(21)25)4-5-26(19,24)11-12(13)3-6-30-18/h3,8-9,13,18-19,21-22,24H,4-7,10-11H2,1-2H3/t13-,18-,19-,21-,22-,23+,26?/m0/s1. The van der Waals surface area contributed by atoms with Gasteiger partial charge in [0.1, 0.15) is 0 Å². The smallest absolute Gasteiger partial charge is 0.229 e. The first kappa shape index (κ1) is 17.6. The van der Waals surface area contributed by atoms with Crippen LogP contribution in [-0.4, -0.2) is 62.6 Å². The number of quaternary nitrogens is 1. The van der Waals surface area contributed by atoms with E-state index in [-0.39, 0.29) is 29.5 Å². The molecular formula is C23H27N3O4. The van der Waals surface area contributed by atoms with Crippen molar-refractivity contribution in [1.29, 1.82) is 0 Å². The van der Waals surface area contributed by atoms with Crippen molar-refractivity contribution in [2.75, 3.05) is 38.8 Å². The second kappa shape index (κ2) is 5.39. The quantitative estimate of drug-likeness (QED) is 0.556. The molecule has 1 spiro atoms. The summed E-state index contributed by atoms with van der Waals surface area (Å²) in [5, 5.41) is 0. The van der Waals surface area contributed by atoms with Crippen molar-refractivity contribution >= 4 is 11.6 Å². The van der Waals surface area contributed by atoms with Gasteiger partial charge >= 0.3 is 0 Å². The number of hydrogen-bond acceptors (Lipinski definition) is 4. The van der Waals surface area contributed by atoms with E-state index >= 15 is 0 Å². The van der Waals surface area contributed by atoms with Crippen LogP contribution in [0.4, 0.5) is 5.69 Å². The van der Waals surface area contributed by atoms with Crippen molar-refractivity contribution in [1.82, 2.24) is 0 Å². The van der Waals surface area contributed by atoms with Crippen molar-refractivity contribution in [3.05, 3.63) is 35.2 Å². The summed E-state index contributed by atoms with van der Waals surface area (Å²) < 4.78 is 17.9. The summed E-state index contributed by atoms with van der Waals surface area (Å²) in [6.45, 7) is 2.20. The lowest BCUT2D eigenvalue weighted by Crippen LogP contribution is -2.71. The highest BCUT2D eigenvalue weighted by Gasteiger charge is 2.74. The van der Waals surface area contributed by atoms with E-state index < -0.39 is 0 Å². The van der Waals surface area contributed by atoms with E-state index in [0.29, 0.717) is 41.0 Å². The van der Waals surface area contributed by atoms with E-state index in [1.165, 1.54) is 11.1 Å². The van der Waals surface area contributed by atoms with E-state index in [2.05, 4.69) is 17.0 Å². The Morgan fingerprint density at radius 2 is 2.07 bits per heavy atom. The Kier molecular flexibility index (Phi) is 3.16. The number of nitrogens with one attached hydrogen (secondary N) is 1. The second-order valence-electron chi connectivity index (χ2n) is 9.93. The maximum absolute atomic E-state index is 13.5. The fraction of sp³-hybridized carbons (Fsp3) is 0.609. The molecule has 0 radical (unpaired) electrons. The molecule has 1 amide bonds. The van der Waals surface area contributed by atoms with Crippen LogP contribution in [0.5, 0.6) is 11.5 Å². The van der Waals surface area contributed by atoms with Crippen molar-refractivity contribution in [3.63, 3.8) is 0 Å². The molecule has 30 heavy (non-hydrogen) atoms. The summed E-state index contributed by atoms with van der Waals surface area (Å²) in [5.41, 5.74) is 3.35. The first-order valence-electron chi connectivity index (χ1n) is 11.0. The fourth-order valence-electron chi connectivity index (χ4n) is 8.19. The molecule has 1 saturated carbocycles. The number of methoxy groups -OCH3 is 2. The van der Waals surface area contributed by atoms with Gasteiger partial charge in [0.05, 0.1) is 69.6 Å². The minimum absolute atomic E-state index is 0.0280. The summed E-state index contributed by atoms with van der Waals surface area (Å²) in [6.07, 6.45) is 4.59. The number of carbonyl (C=O) groups excluding carboxylic acids is 1. The Morgan fingerprint density at radius 1 is 1.27 bits per heavy atom. The number of piperidine rings is 2. The number of anilines is 1. The highest BCUT2D eigenvalue weighted by Crippen LogP contribution is 2.68. The Labute approximate surface area is 175 Å². The molecule has 1 unspecified atom stereocenters. The van der Waals surface area contributed by atoms with Crippen molar-refractivity contribution in [2.24, 2.45) is 11.8 Å². The number of rotatable bonds is 2. The Balaban J connectivity index is 1.54. The monoisotopic (exact) mass is 409 g/mol. The van der Waals surface area contributed by atoms with Gasteiger partial charge in [0, 0.05) is 24.8 Å². The third-order valence-electron chi connectivity index (χ3n) is 9.16. The zero-order chi connectivity index (χ0) is 20.4. The number of fused-ring (bicyclic) bond motifs is 2. The third-order valence-corrected chi connectivity index (χ3v) is 9.16. The van der Waals surface area contributed by atoms with Crippen LogP contribution < -0.4 is 14.4 Å². The number of hydrogen-bond donors (Lipinski definition) is 0. The summed E-state index contributed by atoms with van der Waals surface area (Å²) in [7, 11) is 3.31. The van der Waals surface area contributed by atoms with Gasteiger partial charge in [0.25, 0.3) is 0 Å². The largest absolute Gasteiger partial charge is 0.493 e. The molecule has 2 bridgehead atoms. The van der Waals surface area contributed by atoms with E-state index in [1.807, 2.05) is 6.07 Å². The van der Waals surface area contributed by atoms with Crippen LogP contribution in [0.15, 0.2) is 23.8 Å². The first-order chi connectivity index (χ1) is 14.5. The van der Waals surface area contributed by atoms with Gasteiger partial charge in [-0.05, 0) is 23.1 Å². The minimum Gasteiger partial charge on any atom is -0.493 e. The molecule has 6 aliphatic rings. The summed E-state index contributed by atoms with van der Waals surface area (Å²) in [6, 6.07) is 4.36. The van der Waals surface area contributed by atoms with E-state index in [0.717, 1.165) is 31.6 Å². The molecule has 1 aliphatic carbocycles. The van der Waals surface area contributed by atoms with Gasteiger partial charge in [0.15, 0.2) is 11.5 Å². The van der Waals surface area contributed by atoms with Gasteiger partial charge in [0.2, 0.25) is 5.91 Å². The molecule has 0 aromatic heterocycles. The van der Waals surface area contributed by atoms with Crippen LogP contribution in [0.3, 0.4) is 0 Å². The first-order valence-corrected chi connectivity index (χ1v) is 11.0. The number of amides is 1. The van der Waals surface area contributed by atoms with Gasteiger partial charge in [-0.15, -0.1) is 0 Å². The number of benzene rings is 1. The molecular weight excluding hydrogens is 382 g/mol. The number of carbonyl (C=O) groups is 1. The molecule has 7 atom stereocenters.